The summed E-state index contributed by atoms with van der Waals surface area (Å²) < 4.78 is 4.88. The highest BCUT2D eigenvalue weighted by atomic mass is 16.5. The van der Waals surface area contributed by atoms with Crippen molar-refractivity contribution in [1.82, 2.24) is 9.97 Å². The first-order valence-corrected chi connectivity index (χ1v) is 6.53. The Labute approximate surface area is 116 Å². The smallest absolute Gasteiger partial charge is 0.341 e. The Hall–Kier alpha value is -2.18. The molecule has 0 spiro atoms. The Balaban J connectivity index is 2.12. The number of hydrogen-bond donors (Lipinski definition) is 2. The number of rotatable bonds is 6. The molecule has 2 N–H and O–H groups in total. The fourth-order valence-corrected chi connectivity index (χ4v) is 1.90. The zero-order valence-electron chi connectivity index (χ0n) is 11.4. The summed E-state index contributed by atoms with van der Waals surface area (Å²) in [6.45, 7) is 3.66. The minimum atomic E-state index is -0.914. The molecule has 1 saturated carbocycles. The van der Waals surface area contributed by atoms with E-state index in [9.17, 15) is 9.59 Å². The van der Waals surface area contributed by atoms with Crippen LogP contribution in [0.1, 0.15) is 35.8 Å². The van der Waals surface area contributed by atoms with Crippen LogP contribution in [0.3, 0.4) is 0 Å². The van der Waals surface area contributed by atoms with E-state index >= 15 is 0 Å². The number of carboxylic acid groups (broad SMARTS) is 1. The van der Waals surface area contributed by atoms with E-state index < -0.39 is 18.0 Å². The normalized spacial score (nSPS) is 15.5. The molecule has 1 aliphatic carbocycles. The Bertz CT molecular complexity index is 528. The first kappa shape index (κ1) is 14.2. The number of hydrogen-bond acceptors (Lipinski definition) is 6. The predicted octanol–water partition coefficient (Wildman–Crippen LogP) is 1.24. The van der Waals surface area contributed by atoms with Gasteiger partial charge in [-0.25, -0.2) is 19.6 Å². The predicted molar refractivity (Wildman–Crippen MR) is 70.5 cm³/mol. The van der Waals surface area contributed by atoms with Crippen molar-refractivity contribution in [2.75, 3.05) is 11.9 Å². The van der Waals surface area contributed by atoms with Crippen molar-refractivity contribution < 1.29 is 19.4 Å². The molecule has 1 aliphatic rings. The largest absolute Gasteiger partial charge is 0.480 e. The maximum atomic E-state index is 11.6. The standard InChI is InChI=1S/C13H17N3O4/c1-3-20-12(19)9-6-14-13(15-7(9)2)16-10(11(17)18)8-4-5-8/h6,8,10H,3-5H2,1-2H3,(H,17,18)(H,14,15,16). The summed E-state index contributed by atoms with van der Waals surface area (Å²) in [5, 5.41) is 11.9. The van der Waals surface area contributed by atoms with Gasteiger partial charge in [0.2, 0.25) is 5.95 Å². The van der Waals surface area contributed by atoms with E-state index in [4.69, 9.17) is 9.84 Å². The van der Waals surface area contributed by atoms with Gasteiger partial charge in [0.05, 0.1) is 17.9 Å². The number of aliphatic carboxylic acids is 1. The summed E-state index contributed by atoms with van der Waals surface area (Å²) in [6, 6.07) is -0.678. The van der Waals surface area contributed by atoms with Crippen molar-refractivity contribution in [1.29, 1.82) is 0 Å². The molecular formula is C13H17N3O4. The van der Waals surface area contributed by atoms with Gasteiger partial charge in [0.1, 0.15) is 6.04 Å². The van der Waals surface area contributed by atoms with Gasteiger partial charge in [0, 0.05) is 6.20 Å². The summed E-state index contributed by atoms with van der Waals surface area (Å²) in [6.07, 6.45) is 3.14. The number of carboxylic acids is 1. The second-order valence-corrected chi connectivity index (χ2v) is 4.71. The zero-order valence-corrected chi connectivity index (χ0v) is 11.4. The topological polar surface area (TPSA) is 101 Å². The molecular weight excluding hydrogens is 262 g/mol. The van der Waals surface area contributed by atoms with Crippen LogP contribution < -0.4 is 5.32 Å². The fourth-order valence-electron chi connectivity index (χ4n) is 1.90. The lowest BCUT2D eigenvalue weighted by atomic mass is 10.2. The molecule has 7 nitrogen and oxygen atoms in total. The number of anilines is 1. The van der Waals surface area contributed by atoms with Gasteiger partial charge < -0.3 is 15.2 Å². The van der Waals surface area contributed by atoms with Crippen LogP contribution in [-0.2, 0) is 9.53 Å². The number of esters is 1. The second-order valence-electron chi connectivity index (χ2n) is 4.71. The highest BCUT2D eigenvalue weighted by molar-refractivity contribution is 5.90. The number of ether oxygens (including phenoxy) is 1. The molecule has 1 unspecified atom stereocenters. The lowest BCUT2D eigenvalue weighted by Crippen LogP contribution is -2.32. The van der Waals surface area contributed by atoms with E-state index in [1.54, 1.807) is 13.8 Å². The Morgan fingerprint density at radius 1 is 1.55 bits per heavy atom. The molecule has 108 valence electrons. The average Bonchev–Trinajstić information content (AvgIpc) is 3.20. The van der Waals surface area contributed by atoms with E-state index in [1.165, 1.54) is 6.20 Å². The van der Waals surface area contributed by atoms with Gasteiger partial charge >= 0.3 is 11.9 Å². The lowest BCUT2D eigenvalue weighted by molar-refractivity contribution is -0.138. The molecule has 1 fully saturated rings. The van der Waals surface area contributed by atoms with Crippen LogP contribution in [0.15, 0.2) is 6.20 Å². The molecule has 0 aliphatic heterocycles. The van der Waals surface area contributed by atoms with E-state index in [2.05, 4.69) is 15.3 Å². The molecule has 20 heavy (non-hydrogen) atoms. The van der Waals surface area contributed by atoms with Crippen molar-refractivity contribution in [2.45, 2.75) is 32.7 Å². The third-order valence-electron chi connectivity index (χ3n) is 3.12. The van der Waals surface area contributed by atoms with Crippen molar-refractivity contribution >= 4 is 17.9 Å². The second kappa shape index (κ2) is 5.85. The number of carbonyl (C=O) groups excluding carboxylic acids is 1. The van der Waals surface area contributed by atoms with Crippen molar-refractivity contribution in [3.05, 3.63) is 17.5 Å². The molecule has 0 saturated heterocycles. The van der Waals surface area contributed by atoms with Gasteiger partial charge in [-0.1, -0.05) is 0 Å². The quantitative estimate of drug-likeness (QED) is 0.755. The molecule has 0 amide bonds. The molecule has 1 aromatic heterocycles. The molecule has 7 heteroatoms. The number of nitrogens with zero attached hydrogens (tertiary/aromatic N) is 2. The van der Waals surface area contributed by atoms with Crippen LogP contribution in [0.5, 0.6) is 0 Å². The van der Waals surface area contributed by atoms with Crippen LogP contribution in [-0.4, -0.2) is 39.7 Å². The minimum absolute atomic E-state index is 0.126. The van der Waals surface area contributed by atoms with Gasteiger partial charge in [-0.15, -0.1) is 0 Å². The van der Waals surface area contributed by atoms with Gasteiger partial charge in [0.15, 0.2) is 0 Å². The summed E-state index contributed by atoms with van der Waals surface area (Å²) in [7, 11) is 0. The van der Waals surface area contributed by atoms with E-state index in [-0.39, 0.29) is 24.0 Å². The number of nitrogens with one attached hydrogen (secondary N) is 1. The molecule has 0 radical (unpaired) electrons. The molecule has 0 aromatic carbocycles. The molecule has 2 rings (SSSR count). The Morgan fingerprint density at radius 2 is 2.25 bits per heavy atom. The fraction of sp³-hybridized carbons (Fsp3) is 0.538. The zero-order chi connectivity index (χ0) is 14.7. The van der Waals surface area contributed by atoms with E-state index in [1.807, 2.05) is 0 Å². The molecule has 1 atom stereocenters. The van der Waals surface area contributed by atoms with Crippen molar-refractivity contribution in [3.8, 4) is 0 Å². The van der Waals surface area contributed by atoms with Gasteiger partial charge in [-0.3, -0.25) is 0 Å². The SMILES string of the molecule is CCOC(=O)c1cnc(NC(C(=O)O)C2CC2)nc1C. The minimum Gasteiger partial charge on any atom is -0.480 e. The Morgan fingerprint density at radius 3 is 2.75 bits per heavy atom. The summed E-state index contributed by atoms with van der Waals surface area (Å²) in [5.74, 6) is -1.05. The average molecular weight is 279 g/mol. The van der Waals surface area contributed by atoms with Crippen molar-refractivity contribution in [3.63, 3.8) is 0 Å². The maximum Gasteiger partial charge on any atom is 0.341 e. The monoisotopic (exact) mass is 279 g/mol. The first-order valence-electron chi connectivity index (χ1n) is 6.53. The molecule has 1 heterocycles. The van der Waals surface area contributed by atoms with Gasteiger partial charge in [0.25, 0.3) is 0 Å². The Kier molecular flexibility index (Phi) is 4.16. The van der Waals surface area contributed by atoms with Gasteiger partial charge in [-0.05, 0) is 32.6 Å². The summed E-state index contributed by atoms with van der Waals surface area (Å²) >= 11 is 0. The van der Waals surface area contributed by atoms with Gasteiger partial charge in [-0.2, -0.15) is 0 Å². The van der Waals surface area contributed by atoms with Crippen LogP contribution in [0.25, 0.3) is 0 Å². The van der Waals surface area contributed by atoms with E-state index in [0.29, 0.717) is 5.69 Å². The third-order valence-corrected chi connectivity index (χ3v) is 3.12. The third kappa shape index (κ3) is 3.23. The van der Waals surface area contributed by atoms with Crippen LogP contribution in [0, 0.1) is 12.8 Å². The van der Waals surface area contributed by atoms with Crippen LogP contribution >= 0.6 is 0 Å². The highest BCUT2D eigenvalue weighted by Gasteiger charge is 2.36. The highest BCUT2D eigenvalue weighted by Crippen LogP contribution is 2.34. The number of carbonyl (C=O) groups is 2. The summed E-state index contributed by atoms with van der Waals surface area (Å²) in [4.78, 5) is 30.9. The molecule has 1 aromatic rings. The first-order chi connectivity index (χ1) is 9.52. The van der Waals surface area contributed by atoms with E-state index in [0.717, 1.165) is 12.8 Å². The lowest BCUT2D eigenvalue weighted by Gasteiger charge is -2.14. The maximum absolute atomic E-state index is 11.6. The van der Waals surface area contributed by atoms with Crippen molar-refractivity contribution in [2.24, 2.45) is 5.92 Å². The number of aryl methyl sites for hydroxylation is 1. The molecule has 0 bridgehead atoms. The van der Waals surface area contributed by atoms with Crippen LogP contribution in [0.2, 0.25) is 0 Å². The van der Waals surface area contributed by atoms with Crippen LogP contribution in [0.4, 0.5) is 5.95 Å². The summed E-state index contributed by atoms with van der Waals surface area (Å²) in [5.41, 5.74) is 0.747. The number of aromatic nitrogens is 2.